The zero-order chi connectivity index (χ0) is 38.8. The summed E-state index contributed by atoms with van der Waals surface area (Å²) in [7, 11) is 0. The topological polar surface area (TPSA) is 104 Å². The van der Waals surface area contributed by atoms with Gasteiger partial charge in [0.25, 0.3) is 6.01 Å². The van der Waals surface area contributed by atoms with Crippen LogP contribution in [0.1, 0.15) is 121 Å². The fraction of sp³-hybridized carbons (Fsp3) is 0.543. The summed E-state index contributed by atoms with van der Waals surface area (Å²) in [4.78, 5) is 55.0. The lowest BCUT2D eigenvalue weighted by Gasteiger charge is -2.29. The van der Waals surface area contributed by atoms with Crippen LogP contribution in [0.3, 0.4) is 0 Å². The molecule has 1 saturated heterocycles. The van der Waals surface area contributed by atoms with Gasteiger partial charge in [0.2, 0.25) is 5.91 Å². The Morgan fingerprint density at radius 3 is 2.57 bits per heavy atom. The maximum Gasteiger partial charge on any atom is 0.313 e. The molecule has 3 fully saturated rings. The van der Waals surface area contributed by atoms with Gasteiger partial charge >= 0.3 is 5.97 Å². The number of fused-ring (bicyclic) bond motifs is 3. The Labute approximate surface area is 334 Å². The van der Waals surface area contributed by atoms with Crippen molar-refractivity contribution in [1.29, 1.82) is 0 Å². The second-order valence-electron chi connectivity index (χ2n) is 16.9. The smallest absolute Gasteiger partial charge is 0.313 e. The summed E-state index contributed by atoms with van der Waals surface area (Å²) in [6, 6.07) is 16.2. The normalized spacial score (nSPS) is 26.8. The first-order valence-corrected chi connectivity index (χ1v) is 22.0. The van der Waals surface area contributed by atoms with E-state index in [1.807, 2.05) is 18.2 Å². The number of rotatable bonds is 9. The van der Waals surface area contributed by atoms with Gasteiger partial charge < -0.3 is 14.4 Å². The Balaban J connectivity index is 1.11. The van der Waals surface area contributed by atoms with Crippen molar-refractivity contribution < 1.29 is 23.9 Å². The zero-order valence-corrected chi connectivity index (χ0v) is 34.0. The van der Waals surface area contributed by atoms with E-state index in [9.17, 15) is 14.4 Å². The van der Waals surface area contributed by atoms with Gasteiger partial charge in [0.15, 0.2) is 5.78 Å². The molecule has 2 aromatic heterocycles. The number of thiazole rings is 1. The summed E-state index contributed by atoms with van der Waals surface area (Å²) < 4.78 is 14.5. The number of benzene rings is 2. The number of para-hydroxylation sites is 1. The van der Waals surface area contributed by atoms with Crippen molar-refractivity contribution in [3.05, 3.63) is 77.3 Å². The molecule has 2 aliphatic carbocycles. The van der Waals surface area contributed by atoms with Crippen LogP contribution in [0, 0.1) is 17.3 Å². The van der Waals surface area contributed by atoms with E-state index in [1.165, 1.54) is 31.4 Å². The molecule has 8 rings (SSSR count). The summed E-state index contributed by atoms with van der Waals surface area (Å²) in [5.41, 5.74) is 4.22. The van der Waals surface area contributed by atoms with Gasteiger partial charge in [-0.2, -0.15) is 4.98 Å². The van der Waals surface area contributed by atoms with Crippen LogP contribution in [0.25, 0.3) is 21.6 Å². The molecule has 4 aliphatic rings. The molecule has 0 spiro atoms. The third-order valence-corrected chi connectivity index (χ3v) is 13.6. The minimum atomic E-state index is -0.879. The lowest BCUT2D eigenvalue weighted by Crippen LogP contribution is -2.45. The molecule has 0 radical (unpaired) electrons. The van der Waals surface area contributed by atoms with Crippen LogP contribution < -0.4 is 4.74 Å². The number of carbonyl (C=O) groups excluding carboxylic acids is 3. The Kier molecular flexibility index (Phi) is 11.5. The van der Waals surface area contributed by atoms with Gasteiger partial charge in [-0.15, -0.1) is 11.3 Å². The van der Waals surface area contributed by atoms with Crippen LogP contribution >= 0.6 is 11.3 Å². The Morgan fingerprint density at radius 1 is 0.982 bits per heavy atom. The Morgan fingerprint density at radius 2 is 1.79 bits per heavy atom. The molecule has 296 valence electrons. The van der Waals surface area contributed by atoms with E-state index >= 15 is 0 Å². The van der Waals surface area contributed by atoms with Gasteiger partial charge in [0.05, 0.1) is 35.8 Å². The third kappa shape index (κ3) is 7.83. The molecule has 2 aromatic carbocycles. The molecular weight excluding hydrogens is 721 g/mol. The molecule has 10 heteroatoms. The number of carbonyl (C=O) groups is 3. The Bertz CT molecular complexity index is 2070. The van der Waals surface area contributed by atoms with Crippen molar-refractivity contribution in [1.82, 2.24) is 19.4 Å². The van der Waals surface area contributed by atoms with Gasteiger partial charge in [-0.3, -0.25) is 19.0 Å². The average Bonchev–Trinajstić information content (AvgIpc) is 3.79. The largest absolute Gasteiger partial charge is 0.466 e. The van der Waals surface area contributed by atoms with E-state index in [1.54, 1.807) is 23.2 Å². The molecule has 5 atom stereocenters. The van der Waals surface area contributed by atoms with Crippen LogP contribution in [0.2, 0.25) is 0 Å². The van der Waals surface area contributed by atoms with Crippen molar-refractivity contribution in [2.45, 2.75) is 128 Å². The van der Waals surface area contributed by atoms with Crippen molar-refractivity contribution in [2.75, 3.05) is 13.2 Å². The first-order chi connectivity index (χ1) is 27.3. The summed E-state index contributed by atoms with van der Waals surface area (Å²) >= 11 is 1.68. The van der Waals surface area contributed by atoms with E-state index in [0.717, 1.165) is 59.3 Å². The monoisotopic (exact) mass is 776 g/mol. The van der Waals surface area contributed by atoms with Gasteiger partial charge in [-0.25, -0.2) is 4.98 Å². The van der Waals surface area contributed by atoms with Crippen LogP contribution in [-0.2, 0) is 25.5 Å². The van der Waals surface area contributed by atoms with Gasteiger partial charge in [0.1, 0.15) is 16.6 Å². The molecule has 1 amide bonds. The van der Waals surface area contributed by atoms with Gasteiger partial charge in [0, 0.05) is 41.7 Å². The highest BCUT2D eigenvalue weighted by Gasteiger charge is 2.61. The number of hydrogen-bond donors (Lipinski definition) is 0. The van der Waals surface area contributed by atoms with Crippen LogP contribution in [0.15, 0.2) is 66.1 Å². The van der Waals surface area contributed by atoms with E-state index in [-0.39, 0.29) is 55.1 Å². The van der Waals surface area contributed by atoms with Crippen molar-refractivity contribution in [2.24, 2.45) is 17.3 Å². The summed E-state index contributed by atoms with van der Waals surface area (Å²) in [6.45, 7) is 6.59. The fourth-order valence-corrected chi connectivity index (χ4v) is 10.5. The molecule has 0 N–H and O–H groups in total. The number of ether oxygens (including phenoxy) is 2. The minimum absolute atomic E-state index is 0.00897. The maximum atomic E-state index is 14.8. The van der Waals surface area contributed by atoms with Crippen molar-refractivity contribution in [3.63, 3.8) is 0 Å². The van der Waals surface area contributed by atoms with Crippen LogP contribution in [0.5, 0.6) is 6.01 Å². The number of imidazole rings is 1. The number of hydrogen-bond acceptors (Lipinski definition) is 8. The zero-order valence-electron chi connectivity index (χ0n) is 33.2. The highest BCUT2D eigenvalue weighted by molar-refractivity contribution is 7.13. The number of allylic oxidation sites excluding steroid dienone is 2. The lowest BCUT2D eigenvalue weighted by atomic mass is 9.90. The molecular formula is C46H56N4O5S. The first-order valence-electron chi connectivity index (χ1n) is 21.1. The number of nitrogens with zero attached hydrogens (tertiary/aromatic N) is 4. The fourth-order valence-electron chi connectivity index (χ4n) is 9.59. The van der Waals surface area contributed by atoms with Crippen LogP contribution in [-0.4, -0.2) is 62.4 Å². The van der Waals surface area contributed by atoms with E-state index in [0.29, 0.717) is 31.2 Å². The Hall–Kier alpha value is -4.31. The first kappa shape index (κ1) is 38.6. The highest BCUT2D eigenvalue weighted by Crippen LogP contribution is 2.58. The molecule has 4 heterocycles. The number of esters is 1. The van der Waals surface area contributed by atoms with E-state index in [4.69, 9.17) is 19.4 Å². The van der Waals surface area contributed by atoms with Crippen molar-refractivity contribution >= 4 is 40.0 Å². The van der Waals surface area contributed by atoms with E-state index in [2.05, 4.69) is 66.3 Å². The van der Waals surface area contributed by atoms with Crippen molar-refractivity contribution in [3.8, 4) is 16.6 Å². The molecule has 2 saturated carbocycles. The number of ketones is 1. The predicted molar refractivity (Wildman–Crippen MR) is 220 cm³/mol. The number of amides is 1. The number of Topliss-reactive ketones (excluding diaryl/α,β-unsaturated/α-hetero) is 1. The molecule has 9 nitrogen and oxygen atoms in total. The van der Waals surface area contributed by atoms with E-state index < -0.39 is 17.6 Å². The lowest BCUT2D eigenvalue weighted by molar-refractivity contribution is -0.152. The summed E-state index contributed by atoms with van der Waals surface area (Å²) in [6.07, 6.45) is 15.0. The van der Waals surface area contributed by atoms with Gasteiger partial charge in [-0.1, -0.05) is 74.2 Å². The second kappa shape index (κ2) is 16.7. The molecule has 2 aliphatic heterocycles. The summed E-state index contributed by atoms with van der Waals surface area (Å²) in [5.74, 6) is -0.182. The third-order valence-electron chi connectivity index (χ3n) is 12.7. The minimum Gasteiger partial charge on any atom is -0.466 e. The highest BCUT2D eigenvalue weighted by atomic mass is 32.1. The maximum absolute atomic E-state index is 14.8. The quantitative estimate of drug-likeness (QED) is 0.123. The molecule has 56 heavy (non-hydrogen) atoms. The average molecular weight is 777 g/mol. The molecule has 4 aromatic rings. The van der Waals surface area contributed by atoms with Gasteiger partial charge in [-0.05, 0) is 89.3 Å². The second-order valence-corrected chi connectivity index (χ2v) is 17.7. The molecule has 0 unspecified atom stereocenters. The predicted octanol–water partition coefficient (Wildman–Crippen LogP) is 9.65. The van der Waals surface area contributed by atoms with Crippen LogP contribution in [0.4, 0.5) is 0 Å². The number of aromatic nitrogens is 3. The molecule has 0 bridgehead atoms. The summed E-state index contributed by atoms with van der Waals surface area (Å²) in [5, 5.41) is 3.18. The SMILES string of the molecule is CCOC(=O)[C@]12CC(=O)[C@@H]3C[C@@H](Oc4nc5c(-c6nc(C7CCCC7)cs6)cccc5n4C(C)C)CN3C(=O)[C@@H](Cc3ccccc3)CCCCC/C=C\[C@@H]1C2. The standard InChI is InChI=1S/C46H56N4O5S/c1-4-54-44(53)46-26-34(46)21-12-7-5-6-11-20-33(24-31-16-9-8-10-17-31)43(52)49-28-35(25-39(49)40(51)27-46)55-45-48-41-36(22-15-23-38(41)50(45)30(2)3)42-47-37(29-56-42)32-18-13-14-19-32/h8-10,12,15-17,21-23,29-30,32-35,39H,4-7,11,13-14,18-20,24-28H2,1-3H3/b21-12-/t33-,34-,35-,39+,46-/m1/s1.